The number of Topliss-reactive ketones (excluding diaryl/α,β-unsaturated/α-hetero) is 1. The normalized spacial score (nSPS) is 36.1. The van der Waals surface area contributed by atoms with Crippen molar-refractivity contribution >= 4 is 17.7 Å². The number of aryl methyl sites for hydroxylation is 1. The Hall–Kier alpha value is -2.51. The summed E-state index contributed by atoms with van der Waals surface area (Å²) >= 11 is 0. The van der Waals surface area contributed by atoms with Crippen LogP contribution in [0.15, 0.2) is 35.4 Å². The second-order valence-electron chi connectivity index (χ2n) is 20.1. The maximum atomic E-state index is 13.9. The van der Waals surface area contributed by atoms with Gasteiger partial charge in [0.1, 0.15) is 6.10 Å². The number of carboxylic acids is 1. The molecule has 0 aliphatic heterocycles. The standard InChI is InChI=1S/C45H67NO6/c1-27(2)39-32(47)22-45(35(48)26-46-25-29-12-10-28(3)11-13-29)21-16-31-30(40(39)45)14-15-34-43(31,8)19-17-33-42(6,7)36(18-20-44(33,34)9)52-38(51)24-41(4,5)23-37(49)50/h10-13,27,30-31,33-36,46,48H,14-26H2,1-9H3,(H,49,50)/t30-,31?,33-,34-,35+,36-,43-,44-,45-/m0/s1. The molecule has 3 N–H and O–H groups in total. The predicted molar refractivity (Wildman–Crippen MR) is 204 cm³/mol. The van der Waals surface area contributed by atoms with Crippen molar-refractivity contribution < 1.29 is 29.3 Å². The highest BCUT2D eigenvalue weighted by Crippen LogP contribution is 2.73. The molecule has 52 heavy (non-hydrogen) atoms. The first kappa shape index (κ1) is 39.2. The van der Waals surface area contributed by atoms with Crippen molar-refractivity contribution in [1.29, 1.82) is 0 Å². The van der Waals surface area contributed by atoms with Crippen LogP contribution in [-0.4, -0.2) is 46.7 Å². The Labute approximate surface area is 313 Å². The zero-order valence-corrected chi connectivity index (χ0v) is 33.6. The summed E-state index contributed by atoms with van der Waals surface area (Å²) in [7, 11) is 0. The van der Waals surface area contributed by atoms with Gasteiger partial charge in [-0.3, -0.25) is 14.4 Å². The van der Waals surface area contributed by atoms with E-state index in [0.717, 1.165) is 56.9 Å². The van der Waals surface area contributed by atoms with Crippen LogP contribution in [0.1, 0.15) is 137 Å². The van der Waals surface area contributed by atoms with Crippen LogP contribution < -0.4 is 5.32 Å². The number of benzene rings is 1. The number of ketones is 1. The summed E-state index contributed by atoms with van der Waals surface area (Å²) in [6.45, 7) is 21.0. The van der Waals surface area contributed by atoms with Gasteiger partial charge in [0.05, 0.1) is 18.9 Å². The lowest BCUT2D eigenvalue weighted by molar-refractivity contribution is -0.214. The van der Waals surface area contributed by atoms with Gasteiger partial charge in [0.25, 0.3) is 0 Å². The number of carboxylic acid groups (broad SMARTS) is 1. The summed E-state index contributed by atoms with van der Waals surface area (Å²) in [6.07, 6.45) is 7.84. The van der Waals surface area contributed by atoms with E-state index in [0.29, 0.717) is 43.2 Å². The van der Waals surface area contributed by atoms with Crippen molar-refractivity contribution in [3.63, 3.8) is 0 Å². The van der Waals surface area contributed by atoms with E-state index in [1.54, 1.807) is 0 Å². The molecule has 9 atom stereocenters. The molecule has 0 aromatic heterocycles. The molecule has 5 aliphatic carbocycles. The number of carbonyl (C=O) groups is 3. The van der Waals surface area contributed by atoms with Crippen molar-refractivity contribution in [3.05, 3.63) is 46.5 Å². The van der Waals surface area contributed by atoms with Gasteiger partial charge >= 0.3 is 11.9 Å². The van der Waals surface area contributed by atoms with Gasteiger partial charge in [-0.25, -0.2) is 0 Å². The first-order chi connectivity index (χ1) is 24.2. The van der Waals surface area contributed by atoms with Crippen LogP contribution in [0, 0.1) is 63.6 Å². The molecule has 4 saturated carbocycles. The minimum atomic E-state index is -0.895. The van der Waals surface area contributed by atoms with Crippen LogP contribution in [0.2, 0.25) is 0 Å². The monoisotopic (exact) mass is 717 g/mol. The quantitative estimate of drug-likeness (QED) is 0.196. The van der Waals surface area contributed by atoms with Gasteiger partial charge in [0.2, 0.25) is 0 Å². The molecule has 6 rings (SSSR count). The van der Waals surface area contributed by atoms with Gasteiger partial charge in [-0.15, -0.1) is 0 Å². The van der Waals surface area contributed by atoms with Crippen molar-refractivity contribution in [3.8, 4) is 0 Å². The van der Waals surface area contributed by atoms with Gasteiger partial charge in [-0.1, -0.05) is 90.8 Å². The first-order valence-electron chi connectivity index (χ1n) is 20.4. The second kappa shape index (κ2) is 14.0. The lowest BCUT2D eigenvalue weighted by Gasteiger charge is -2.69. The second-order valence-corrected chi connectivity index (χ2v) is 20.1. The number of aliphatic hydroxyl groups excluding tert-OH is 1. The molecule has 0 saturated heterocycles. The number of allylic oxidation sites excluding steroid dienone is 1. The Morgan fingerprint density at radius 1 is 0.923 bits per heavy atom. The molecular weight excluding hydrogens is 650 g/mol. The number of fused-ring (bicyclic) bond motifs is 7. The van der Waals surface area contributed by atoms with Gasteiger partial charge in [-0.2, -0.15) is 0 Å². The molecule has 0 amide bonds. The van der Waals surface area contributed by atoms with Gasteiger partial charge in [-0.05, 0) is 115 Å². The Morgan fingerprint density at radius 3 is 2.25 bits per heavy atom. The number of rotatable bonds is 11. The molecule has 288 valence electrons. The fraction of sp³-hybridized carbons (Fsp3) is 0.756. The van der Waals surface area contributed by atoms with Crippen LogP contribution in [-0.2, 0) is 25.7 Å². The highest BCUT2D eigenvalue weighted by atomic mass is 16.5. The summed E-state index contributed by atoms with van der Waals surface area (Å²) in [5.41, 5.74) is 3.70. The number of carbonyl (C=O) groups excluding carboxylic acids is 2. The van der Waals surface area contributed by atoms with Gasteiger partial charge < -0.3 is 20.3 Å². The summed E-state index contributed by atoms with van der Waals surface area (Å²) in [4.78, 5) is 38.5. The molecule has 7 nitrogen and oxygen atoms in total. The van der Waals surface area contributed by atoms with Crippen LogP contribution in [0.5, 0.6) is 0 Å². The minimum absolute atomic E-state index is 0.0615. The molecule has 0 bridgehead atoms. The SMILES string of the molecule is Cc1ccc(CNC[C@@H](O)[C@@]23CCC4[C@H](CC[C@@H]5[C@@]6(C)CC[C@H](OC(=O)CC(C)(C)CC(=O)O)C(C)(C)[C@@H]6CC[C@@]45C)C2=C(C(C)C)C(=O)C3)cc1. The zero-order chi connectivity index (χ0) is 38.0. The topological polar surface area (TPSA) is 113 Å². The number of aliphatic hydroxyl groups is 1. The van der Waals surface area contributed by atoms with E-state index in [4.69, 9.17) is 4.74 Å². The van der Waals surface area contributed by atoms with Crippen molar-refractivity contribution in [2.75, 3.05) is 6.54 Å². The van der Waals surface area contributed by atoms with E-state index < -0.39 is 22.9 Å². The minimum Gasteiger partial charge on any atom is -0.481 e. The Bertz CT molecular complexity index is 1570. The summed E-state index contributed by atoms with van der Waals surface area (Å²) in [5.74, 6) is 0.978. The van der Waals surface area contributed by atoms with E-state index >= 15 is 0 Å². The lowest BCUT2D eigenvalue weighted by atomic mass is 9.36. The number of nitrogens with one attached hydrogen (secondary N) is 1. The summed E-state index contributed by atoms with van der Waals surface area (Å²) < 4.78 is 6.25. The summed E-state index contributed by atoms with van der Waals surface area (Å²) in [6, 6.07) is 8.53. The number of hydrogen-bond acceptors (Lipinski definition) is 6. The maximum Gasteiger partial charge on any atom is 0.306 e. The molecular formula is C45H67NO6. The van der Waals surface area contributed by atoms with Crippen molar-refractivity contribution in [1.82, 2.24) is 5.32 Å². The van der Waals surface area contributed by atoms with Crippen molar-refractivity contribution in [2.45, 2.75) is 152 Å². The smallest absolute Gasteiger partial charge is 0.306 e. The fourth-order valence-electron chi connectivity index (χ4n) is 13.3. The average molecular weight is 718 g/mol. The molecule has 5 aliphatic rings. The fourth-order valence-corrected chi connectivity index (χ4v) is 13.3. The van der Waals surface area contributed by atoms with E-state index in [-0.39, 0.29) is 52.9 Å². The van der Waals surface area contributed by atoms with Crippen LogP contribution in [0.3, 0.4) is 0 Å². The molecule has 4 fully saturated rings. The lowest BCUT2D eigenvalue weighted by Crippen LogP contribution is -2.63. The van der Waals surface area contributed by atoms with Crippen LogP contribution in [0.4, 0.5) is 0 Å². The third-order valence-electron chi connectivity index (χ3n) is 15.5. The molecule has 7 heteroatoms. The van der Waals surface area contributed by atoms with Gasteiger partial charge in [0.15, 0.2) is 5.78 Å². The van der Waals surface area contributed by atoms with Crippen molar-refractivity contribution in [2.24, 2.45) is 56.7 Å². The number of hydrogen-bond donors (Lipinski definition) is 3. The molecule has 1 aromatic carbocycles. The van der Waals surface area contributed by atoms with Gasteiger partial charge in [0, 0.05) is 30.3 Å². The highest BCUT2D eigenvalue weighted by Gasteiger charge is 2.67. The van der Waals surface area contributed by atoms with E-state index in [1.165, 1.54) is 16.7 Å². The molecule has 1 unspecified atom stereocenters. The number of ether oxygens (including phenoxy) is 1. The van der Waals surface area contributed by atoms with E-state index in [1.807, 2.05) is 13.8 Å². The number of aliphatic carboxylic acids is 1. The third-order valence-corrected chi connectivity index (χ3v) is 15.5. The maximum absolute atomic E-state index is 13.9. The molecule has 0 radical (unpaired) electrons. The van der Waals surface area contributed by atoms with Crippen LogP contribution >= 0.6 is 0 Å². The molecule has 0 spiro atoms. The Morgan fingerprint density at radius 2 is 1.60 bits per heavy atom. The zero-order valence-electron chi connectivity index (χ0n) is 33.6. The number of esters is 1. The largest absolute Gasteiger partial charge is 0.481 e. The predicted octanol–water partition coefficient (Wildman–Crippen LogP) is 8.84. The third kappa shape index (κ3) is 6.73. The van der Waals surface area contributed by atoms with E-state index in [9.17, 15) is 24.6 Å². The first-order valence-corrected chi connectivity index (χ1v) is 20.4. The Kier molecular flexibility index (Phi) is 10.5. The molecule has 0 heterocycles. The Balaban J connectivity index is 1.21. The van der Waals surface area contributed by atoms with E-state index in [2.05, 4.69) is 78.0 Å². The summed E-state index contributed by atoms with van der Waals surface area (Å²) in [5, 5.41) is 25.0. The van der Waals surface area contributed by atoms with Crippen LogP contribution in [0.25, 0.3) is 0 Å². The average Bonchev–Trinajstić information content (AvgIpc) is 3.36. The highest BCUT2D eigenvalue weighted by molar-refractivity contribution is 6.00. The molecule has 1 aromatic rings.